The first-order chi connectivity index (χ1) is 9.56. The zero-order valence-corrected chi connectivity index (χ0v) is 11.5. The van der Waals surface area contributed by atoms with Gasteiger partial charge in [0.25, 0.3) is 5.91 Å². The Morgan fingerprint density at radius 2 is 1.85 bits per heavy atom. The van der Waals surface area contributed by atoms with Crippen LogP contribution in [0.4, 0.5) is 0 Å². The third-order valence-electron chi connectivity index (χ3n) is 3.01. The summed E-state index contributed by atoms with van der Waals surface area (Å²) in [6.07, 6.45) is 1.65. The maximum Gasteiger partial charge on any atom is 0.340 e. The standard InChI is InChI=1S/C15H15NO4/c1-9-13(15(18)20-3)12(14(17)16-9)8-10-4-6-11(19-2)7-5-10/h4-8H,1-3H3,(H,16,17)/b12-8+. The average Bonchev–Trinajstić information content (AvgIpc) is 2.73. The van der Waals surface area contributed by atoms with Crippen LogP contribution in [0.2, 0.25) is 0 Å². The second-order valence-corrected chi connectivity index (χ2v) is 4.28. The van der Waals surface area contributed by atoms with Gasteiger partial charge in [0.1, 0.15) is 5.75 Å². The molecule has 1 amide bonds. The first-order valence-electron chi connectivity index (χ1n) is 6.03. The van der Waals surface area contributed by atoms with Crippen LogP contribution in [-0.2, 0) is 14.3 Å². The van der Waals surface area contributed by atoms with Gasteiger partial charge in [-0.25, -0.2) is 4.79 Å². The van der Waals surface area contributed by atoms with Crippen LogP contribution in [0.5, 0.6) is 5.75 Å². The van der Waals surface area contributed by atoms with E-state index >= 15 is 0 Å². The first kappa shape index (κ1) is 13.9. The summed E-state index contributed by atoms with van der Waals surface area (Å²) in [6.45, 7) is 1.67. The topological polar surface area (TPSA) is 64.6 Å². The predicted octanol–water partition coefficient (Wildman–Crippen LogP) is 1.66. The van der Waals surface area contributed by atoms with Gasteiger partial charge in [0.05, 0.1) is 25.4 Å². The summed E-state index contributed by atoms with van der Waals surface area (Å²) in [6, 6.07) is 7.19. The van der Waals surface area contributed by atoms with Crippen molar-refractivity contribution in [2.45, 2.75) is 6.92 Å². The van der Waals surface area contributed by atoms with Crippen molar-refractivity contribution in [3.8, 4) is 5.75 Å². The number of carbonyl (C=O) groups excluding carboxylic acids is 2. The van der Waals surface area contributed by atoms with Crippen molar-refractivity contribution in [1.82, 2.24) is 5.32 Å². The SMILES string of the molecule is COC(=O)C1=C(C)NC(=O)/C1=C/c1ccc(OC)cc1. The largest absolute Gasteiger partial charge is 0.497 e. The van der Waals surface area contributed by atoms with Crippen LogP contribution in [0.15, 0.2) is 41.1 Å². The molecular weight excluding hydrogens is 258 g/mol. The molecule has 1 aliphatic heterocycles. The van der Waals surface area contributed by atoms with Gasteiger partial charge in [-0.2, -0.15) is 0 Å². The van der Waals surface area contributed by atoms with Crippen molar-refractivity contribution in [3.63, 3.8) is 0 Å². The zero-order valence-electron chi connectivity index (χ0n) is 11.5. The van der Waals surface area contributed by atoms with Gasteiger partial charge in [0, 0.05) is 5.70 Å². The van der Waals surface area contributed by atoms with Crippen molar-refractivity contribution in [3.05, 3.63) is 46.7 Å². The number of nitrogens with one attached hydrogen (secondary N) is 1. The molecule has 0 unspecified atom stereocenters. The lowest BCUT2D eigenvalue weighted by atomic mass is 10.0. The molecule has 5 nitrogen and oxygen atoms in total. The smallest absolute Gasteiger partial charge is 0.340 e. The molecule has 0 atom stereocenters. The zero-order chi connectivity index (χ0) is 14.7. The average molecular weight is 273 g/mol. The van der Waals surface area contributed by atoms with Crippen molar-refractivity contribution in [1.29, 1.82) is 0 Å². The van der Waals surface area contributed by atoms with Crippen LogP contribution in [0, 0.1) is 0 Å². The minimum Gasteiger partial charge on any atom is -0.497 e. The Hall–Kier alpha value is -2.56. The summed E-state index contributed by atoms with van der Waals surface area (Å²) >= 11 is 0. The van der Waals surface area contributed by atoms with Crippen LogP contribution in [-0.4, -0.2) is 26.1 Å². The molecule has 0 aromatic heterocycles. The Morgan fingerprint density at radius 1 is 1.20 bits per heavy atom. The highest BCUT2D eigenvalue weighted by Crippen LogP contribution is 2.25. The van der Waals surface area contributed by atoms with Gasteiger partial charge in [-0.15, -0.1) is 0 Å². The Kier molecular flexibility index (Phi) is 3.89. The molecular formula is C15H15NO4. The summed E-state index contributed by atoms with van der Waals surface area (Å²) in [5.74, 6) is -0.109. The van der Waals surface area contributed by atoms with Crippen LogP contribution in [0.3, 0.4) is 0 Å². The van der Waals surface area contributed by atoms with E-state index in [2.05, 4.69) is 5.32 Å². The summed E-state index contributed by atoms with van der Waals surface area (Å²) < 4.78 is 9.78. The Labute approximate surface area is 116 Å². The highest BCUT2D eigenvalue weighted by Gasteiger charge is 2.30. The van der Waals surface area contributed by atoms with E-state index in [4.69, 9.17) is 9.47 Å². The van der Waals surface area contributed by atoms with Crippen molar-refractivity contribution in [2.75, 3.05) is 14.2 Å². The minimum atomic E-state index is -0.527. The molecule has 1 N–H and O–H groups in total. The molecule has 0 saturated heterocycles. The molecule has 0 spiro atoms. The van der Waals surface area contributed by atoms with E-state index in [9.17, 15) is 9.59 Å². The molecule has 5 heteroatoms. The summed E-state index contributed by atoms with van der Waals surface area (Å²) in [5.41, 5.74) is 1.88. The lowest BCUT2D eigenvalue weighted by Crippen LogP contribution is -2.15. The van der Waals surface area contributed by atoms with Crippen LogP contribution >= 0.6 is 0 Å². The highest BCUT2D eigenvalue weighted by molar-refractivity contribution is 6.16. The first-order valence-corrected chi connectivity index (χ1v) is 6.03. The van der Waals surface area contributed by atoms with Gasteiger partial charge >= 0.3 is 5.97 Å². The van der Waals surface area contributed by atoms with Gasteiger partial charge in [-0.05, 0) is 30.7 Å². The third-order valence-corrected chi connectivity index (χ3v) is 3.01. The highest BCUT2D eigenvalue weighted by atomic mass is 16.5. The molecule has 1 aromatic rings. The number of hydrogen-bond donors (Lipinski definition) is 1. The van der Waals surface area contributed by atoms with Gasteiger partial charge in [-0.1, -0.05) is 12.1 Å². The number of allylic oxidation sites excluding steroid dienone is 1. The van der Waals surface area contributed by atoms with Crippen molar-refractivity contribution in [2.24, 2.45) is 0 Å². The number of rotatable bonds is 3. The van der Waals surface area contributed by atoms with E-state index in [0.29, 0.717) is 11.3 Å². The second kappa shape index (κ2) is 5.61. The minimum absolute atomic E-state index is 0.272. The normalized spacial score (nSPS) is 16.4. The molecule has 0 fully saturated rings. The maximum absolute atomic E-state index is 11.9. The predicted molar refractivity (Wildman–Crippen MR) is 73.8 cm³/mol. The molecule has 0 aliphatic carbocycles. The van der Waals surface area contributed by atoms with Gasteiger partial charge < -0.3 is 14.8 Å². The molecule has 104 valence electrons. The summed E-state index contributed by atoms with van der Waals surface area (Å²) in [5, 5.41) is 2.62. The second-order valence-electron chi connectivity index (χ2n) is 4.28. The number of benzene rings is 1. The van der Waals surface area contributed by atoms with E-state index in [1.165, 1.54) is 7.11 Å². The van der Waals surface area contributed by atoms with E-state index in [0.717, 1.165) is 11.3 Å². The van der Waals surface area contributed by atoms with E-state index in [-0.39, 0.29) is 11.5 Å². The monoisotopic (exact) mass is 273 g/mol. The summed E-state index contributed by atoms with van der Waals surface area (Å²) in [4.78, 5) is 23.6. The molecule has 0 radical (unpaired) electrons. The van der Waals surface area contributed by atoms with E-state index < -0.39 is 5.97 Å². The van der Waals surface area contributed by atoms with Crippen LogP contribution in [0.1, 0.15) is 12.5 Å². The fourth-order valence-corrected chi connectivity index (χ4v) is 1.99. The fourth-order valence-electron chi connectivity index (χ4n) is 1.99. The molecule has 1 aliphatic rings. The third kappa shape index (κ3) is 2.56. The number of methoxy groups -OCH3 is 2. The van der Waals surface area contributed by atoms with Gasteiger partial charge in [0.15, 0.2) is 0 Å². The number of hydrogen-bond acceptors (Lipinski definition) is 4. The van der Waals surface area contributed by atoms with Crippen LogP contribution in [0.25, 0.3) is 6.08 Å². The van der Waals surface area contributed by atoms with Gasteiger partial charge in [0.2, 0.25) is 0 Å². The lowest BCUT2D eigenvalue weighted by molar-refractivity contribution is -0.136. The van der Waals surface area contributed by atoms with E-state index in [1.54, 1.807) is 32.2 Å². The lowest BCUT2D eigenvalue weighted by Gasteiger charge is -2.03. The Balaban J connectivity index is 2.40. The molecule has 2 rings (SSSR count). The molecule has 20 heavy (non-hydrogen) atoms. The molecule has 1 heterocycles. The number of carbonyl (C=O) groups is 2. The van der Waals surface area contributed by atoms with Gasteiger partial charge in [-0.3, -0.25) is 4.79 Å². The quantitative estimate of drug-likeness (QED) is 0.672. The van der Waals surface area contributed by atoms with Crippen molar-refractivity contribution >= 4 is 18.0 Å². The van der Waals surface area contributed by atoms with Crippen molar-refractivity contribution < 1.29 is 19.1 Å². The summed E-state index contributed by atoms with van der Waals surface area (Å²) in [7, 11) is 2.87. The maximum atomic E-state index is 11.9. The molecule has 0 bridgehead atoms. The fraction of sp³-hybridized carbons (Fsp3) is 0.200. The molecule has 0 saturated carbocycles. The number of amides is 1. The number of esters is 1. The number of ether oxygens (including phenoxy) is 2. The van der Waals surface area contributed by atoms with E-state index in [1.807, 2.05) is 12.1 Å². The molecule has 1 aromatic carbocycles. The Morgan fingerprint density at radius 3 is 2.40 bits per heavy atom. The van der Waals surface area contributed by atoms with Crippen LogP contribution < -0.4 is 10.1 Å². The Bertz CT molecular complexity index is 611.